The number of aromatic nitrogens is 1. The summed E-state index contributed by atoms with van der Waals surface area (Å²) in [5, 5.41) is 4.79. The minimum atomic E-state index is -0.0418. The van der Waals surface area contributed by atoms with E-state index < -0.39 is 0 Å². The minimum absolute atomic E-state index is 0.0418. The van der Waals surface area contributed by atoms with Crippen molar-refractivity contribution in [1.29, 1.82) is 0 Å². The number of pyridine rings is 1. The number of likely N-dealkylation sites (N-methyl/N-ethyl adjacent to an activating group) is 1. The molecule has 0 saturated heterocycles. The van der Waals surface area contributed by atoms with E-state index in [1.54, 1.807) is 0 Å². The topological polar surface area (TPSA) is 52.6 Å². The number of hydrogen-bond donors (Lipinski definition) is 3. The van der Waals surface area contributed by atoms with Crippen molar-refractivity contribution in [2.45, 2.75) is 34.2 Å². The number of H-pyrrole nitrogens is 1. The lowest BCUT2D eigenvalue weighted by atomic mass is 10.0. The molecule has 26 heavy (non-hydrogen) atoms. The van der Waals surface area contributed by atoms with Gasteiger partial charge in [0.05, 0.1) is 32.7 Å². The van der Waals surface area contributed by atoms with Crippen molar-refractivity contribution in [3.8, 4) is 0 Å². The molecule has 2 aromatic rings. The van der Waals surface area contributed by atoms with Gasteiger partial charge in [0, 0.05) is 18.1 Å². The first-order valence-corrected chi connectivity index (χ1v) is 9.73. The summed E-state index contributed by atoms with van der Waals surface area (Å²) >= 11 is 5.47. The molecular formula is C20H31N4OS+. The van der Waals surface area contributed by atoms with Crippen molar-refractivity contribution >= 4 is 28.2 Å². The molecule has 142 valence electrons. The molecule has 1 aromatic carbocycles. The Morgan fingerprint density at radius 1 is 1.19 bits per heavy atom. The van der Waals surface area contributed by atoms with Crippen molar-refractivity contribution in [2.75, 3.05) is 33.2 Å². The number of fused-ring (bicyclic) bond motifs is 1. The van der Waals surface area contributed by atoms with Gasteiger partial charge in [0.25, 0.3) is 5.56 Å². The zero-order chi connectivity index (χ0) is 19.3. The van der Waals surface area contributed by atoms with E-state index in [9.17, 15) is 4.79 Å². The number of hydrogen-bond acceptors (Lipinski definition) is 2. The van der Waals surface area contributed by atoms with Crippen LogP contribution in [0.3, 0.4) is 0 Å². The lowest BCUT2D eigenvalue weighted by molar-refractivity contribution is -0.895. The number of aryl methyl sites for hydroxylation is 2. The molecule has 1 heterocycles. The Hall–Kier alpha value is -1.92. The Morgan fingerprint density at radius 3 is 2.46 bits per heavy atom. The Bertz CT molecular complexity index is 826. The number of quaternary nitrogens is 1. The highest BCUT2D eigenvalue weighted by atomic mass is 32.1. The summed E-state index contributed by atoms with van der Waals surface area (Å²) in [7, 11) is 1.83. The highest BCUT2D eigenvalue weighted by molar-refractivity contribution is 7.80. The molecule has 6 heteroatoms. The maximum absolute atomic E-state index is 12.6. The molecule has 5 nitrogen and oxygen atoms in total. The molecule has 0 fully saturated rings. The molecule has 2 rings (SSSR count). The summed E-state index contributed by atoms with van der Waals surface area (Å²) in [5.41, 5.74) is 3.99. The number of thiocarbonyl (C=S) groups is 1. The van der Waals surface area contributed by atoms with Crippen LogP contribution in [0.2, 0.25) is 0 Å². The van der Waals surface area contributed by atoms with Crippen LogP contribution in [0.5, 0.6) is 0 Å². The predicted molar refractivity (Wildman–Crippen MR) is 113 cm³/mol. The smallest absolute Gasteiger partial charge is 0.253 e. The van der Waals surface area contributed by atoms with Crippen LogP contribution in [0.25, 0.3) is 10.9 Å². The van der Waals surface area contributed by atoms with Crippen LogP contribution in [0.1, 0.15) is 30.5 Å². The zero-order valence-corrected chi connectivity index (χ0v) is 17.3. The monoisotopic (exact) mass is 375 g/mol. The molecule has 0 amide bonds. The van der Waals surface area contributed by atoms with Gasteiger partial charge in [0.2, 0.25) is 0 Å². The quantitative estimate of drug-likeness (QED) is 0.640. The first-order chi connectivity index (χ1) is 12.4. The van der Waals surface area contributed by atoms with Crippen LogP contribution < -0.4 is 15.8 Å². The number of benzene rings is 1. The highest BCUT2D eigenvalue weighted by Gasteiger charge is 2.15. The Balaban J connectivity index is 2.29. The summed E-state index contributed by atoms with van der Waals surface area (Å²) in [6.07, 6.45) is 0. The highest BCUT2D eigenvalue weighted by Crippen LogP contribution is 2.17. The molecule has 0 bridgehead atoms. The van der Waals surface area contributed by atoms with Gasteiger partial charge >= 0.3 is 0 Å². The molecular weight excluding hydrogens is 344 g/mol. The maximum Gasteiger partial charge on any atom is 0.253 e. The first-order valence-electron chi connectivity index (χ1n) is 9.32. The normalized spacial score (nSPS) is 11.2. The van der Waals surface area contributed by atoms with Crippen LogP contribution >= 0.6 is 12.2 Å². The largest absolute Gasteiger partial charge is 0.366 e. The molecule has 0 unspecified atom stereocenters. The first kappa shape index (κ1) is 20.4. The summed E-state index contributed by atoms with van der Waals surface area (Å²) in [6, 6.07) is 6.16. The van der Waals surface area contributed by atoms with Crippen molar-refractivity contribution in [3.63, 3.8) is 0 Å². The number of rotatable bonds is 7. The molecule has 0 spiro atoms. The average Bonchev–Trinajstić information content (AvgIpc) is 2.63. The summed E-state index contributed by atoms with van der Waals surface area (Å²) in [4.78, 5) is 19.2. The second kappa shape index (κ2) is 9.14. The van der Waals surface area contributed by atoms with E-state index in [0.717, 1.165) is 42.6 Å². The number of nitrogens with zero attached hydrogens (tertiary/aromatic N) is 1. The predicted octanol–water partition coefficient (Wildman–Crippen LogP) is 1.38. The second-order valence-electron chi connectivity index (χ2n) is 6.83. The van der Waals surface area contributed by atoms with E-state index in [1.807, 2.05) is 19.2 Å². The summed E-state index contributed by atoms with van der Waals surface area (Å²) in [6.45, 7) is 13.0. The number of nitrogens with one attached hydrogen (secondary N) is 3. The SMILES string of the molecule is CC[NH+](CC)CCN(Cc1cc2cc(C)c(C)cc2[nH]c1=O)C(=S)NC. The molecule has 0 saturated carbocycles. The summed E-state index contributed by atoms with van der Waals surface area (Å²) < 4.78 is 0. The second-order valence-corrected chi connectivity index (χ2v) is 7.22. The fourth-order valence-corrected chi connectivity index (χ4v) is 3.31. The minimum Gasteiger partial charge on any atom is -0.366 e. The summed E-state index contributed by atoms with van der Waals surface area (Å²) in [5.74, 6) is 0. The van der Waals surface area contributed by atoms with E-state index >= 15 is 0 Å². The molecule has 0 aliphatic carbocycles. The van der Waals surface area contributed by atoms with E-state index in [0.29, 0.717) is 11.7 Å². The number of aromatic amines is 1. The van der Waals surface area contributed by atoms with Crippen LogP contribution in [0, 0.1) is 13.8 Å². The Labute approximate surface area is 161 Å². The van der Waals surface area contributed by atoms with Gasteiger partial charge in [-0.1, -0.05) is 0 Å². The van der Waals surface area contributed by atoms with E-state index in [-0.39, 0.29) is 5.56 Å². The fourth-order valence-electron chi connectivity index (χ4n) is 3.15. The molecule has 0 atom stereocenters. The van der Waals surface area contributed by atoms with Crippen LogP contribution in [-0.2, 0) is 6.54 Å². The fraction of sp³-hybridized carbons (Fsp3) is 0.500. The van der Waals surface area contributed by atoms with Gasteiger partial charge < -0.3 is 20.1 Å². The van der Waals surface area contributed by atoms with Gasteiger partial charge in [-0.3, -0.25) is 4.79 Å². The van der Waals surface area contributed by atoms with E-state index in [2.05, 4.69) is 49.0 Å². The zero-order valence-electron chi connectivity index (χ0n) is 16.5. The van der Waals surface area contributed by atoms with Gasteiger partial charge in [-0.25, -0.2) is 0 Å². The van der Waals surface area contributed by atoms with Crippen molar-refractivity contribution in [2.24, 2.45) is 0 Å². The van der Waals surface area contributed by atoms with Crippen LogP contribution in [0.15, 0.2) is 23.0 Å². The Morgan fingerprint density at radius 2 is 1.85 bits per heavy atom. The molecule has 1 aromatic heterocycles. The van der Waals surface area contributed by atoms with Gasteiger partial charge in [-0.15, -0.1) is 0 Å². The van der Waals surface area contributed by atoms with Crippen LogP contribution in [0.4, 0.5) is 0 Å². The maximum atomic E-state index is 12.6. The molecule has 0 radical (unpaired) electrons. The van der Waals surface area contributed by atoms with Gasteiger partial charge in [-0.05, 0) is 74.6 Å². The van der Waals surface area contributed by atoms with Gasteiger partial charge in [0.15, 0.2) is 5.11 Å². The van der Waals surface area contributed by atoms with Crippen molar-refractivity contribution in [3.05, 3.63) is 45.2 Å². The van der Waals surface area contributed by atoms with E-state index in [4.69, 9.17) is 12.2 Å². The van der Waals surface area contributed by atoms with E-state index in [1.165, 1.54) is 16.0 Å². The third kappa shape index (κ3) is 4.83. The van der Waals surface area contributed by atoms with Crippen molar-refractivity contribution < 1.29 is 4.90 Å². The standard InChI is InChI=1S/C20H30N4OS/c1-6-23(7-2)8-9-24(20(26)21-5)13-17-12-16-10-14(3)15(4)11-18(16)22-19(17)25/h10-12H,6-9,13H2,1-5H3,(H,21,26)(H,22,25)/p+1. The third-order valence-corrected chi connectivity index (χ3v) is 5.60. The third-order valence-electron chi connectivity index (χ3n) is 5.13. The average molecular weight is 376 g/mol. The van der Waals surface area contributed by atoms with Gasteiger partial charge in [0.1, 0.15) is 0 Å². The van der Waals surface area contributed by atoms with Crippen LogP contribution in [-0.4, -0.2) is 48.2 Å². The lowest BCUT2D eigenvalue weighted by Crippen LogP contribution is -3.12. The molecule has 3 N–H and O–H groups in total. The molecule has 0 aliphatic rings. The van der Waals surface area contributed by atoms with Crippen molar-refractivity contribution in [1.82, 2.24) is 15.2 Å². The lowest BCUT2D eigenvalue weighted by Gasteiger charge is -2.26. The van der Waals surface area contributed by atoms with Gasteiger partial charge in [-0.2, -0.15) is 0 Å². The Kier molecular flexibility index (Phi) is 7.17. The molecule has 0 aliphatic heterocycles.